The number of piperidine rings is 1. The summed E-state index contributed by atoms with van der Waals surface area (Å²) in [5.41, 5.74) is 2.31. The lowest BCUT2D eigenvalue weighted by atomic mass is 9.79. The molecule has 2 aliphatic heterocycles. The third-order valence-electron chi connectivity index (χ3n) is 6.27. The molecular weight excluding hydrogens is 400 g/mol. The van der Waals surface area contributed by atoms with Gasteiger partial charge in [0.2, 0.25) is 11.8 Å². The molecule has 3 aromatic heterocycles. The van der Waals surface area contributed by atoms with Crippen LogP contribution in [0.1, 0.15) is 59.5 Å². The Hall–Kier alpha value is -2.10. The van der Waals surface area contributed by atoms with Crippen LogP contribution in [0.2, 0.25) is 0 Å². The monoisotopic (exact) mass is 428 g/mol. The molecule has 2 aliphatic rings. The Morgan fingerprint density at radius 3 is 2.93 bits per heavy atom. The fraction of sp³-hybridized carbons (Fsp3) is 0.619. The molecule has 3 aromatic rings. The maximum absolute atomic E-state index is 6.46. The Kier molecular flexibility index (Phi) is 5.20. The number of thiophene rings is 1. The lowest BCUT2D eigenvalue weighted by molar-refractivity contribution is -0.112. The van der Waals surface area contributed by atoms with E-state index in [0.29, 0.717) is 24.4 Å². The van der Waals surface area contributed by atoms with Gasteiger partial charge >= 0.3 is 0 Å². The number of fused-ring (bicyclic) bond motifs is 2. The summed E-state index contributed by atoms with van der Waals surface area (Å²) >= 11 is 1.98. The highest BCUT2D eigenvalue weighted by molar-refractivity contribution is 7.12. The molecule has 0 aromatic carbocycles. The van der Waals surface area contributed by atoms with E-state index in [-0.39, 0.29) is 5.60 Å². The maximum atomic E-state index is 6.46. The minimum Gasteiger partial charge on any atom is -0.424 e. The van der Waals surface area contributed by atoms with Gasteiger partial charge in [-0.25, -0.2) is 4.68 Å². The third-order valence-corrected chi connectivity index (χ3v) is 7.61. The molecule has 0 saturated carbocycles. The van der Waals surface area contributed by atoms with Crippen LogP contribution in [0.4, 0.5) is 0 Å². The van der Waals surface area contributed by atoms with Gasteiger partial charge in [-0.05, 0) is 37.8 Å². The molecule has 160 valence electrons. The van der Waals surface area contributed by atoms with Crippen molar-refractivity contribution in [2.75, 3.05) is 13.2 Å². The van der Waals surface area contributed by atoms with Crippen LogP contribution in [0.3, 0.4) is 0 Å². The smallest absolute Gasteiger partial charge is 0.237 e. The molecular formula is C21H28N6O2S. The van der Waals surface area contributed by atoms with Gasteiger partial charge in [-0.2, -0.15) is 0 Å². The van der Waals surface area contributed by atoms with Gasteiger partial charge < -0.3 is 9.15 Å². The van der Waals surface area contributed by atoms with Gasteiger partial charge in [0.15, 0.2) is 0 Å². The lowest BCUT2D eigenvalue weighted by Crippen LogP contribution is -2.50. The first-order valence-electron chi connectivity index (χ1n) is 10.7. The van der Waals surface area contributed by atoms with E-state index in [2.05, 4.69) is 45.3 Å². The predicted molar refractivity (Wildman–Crippen MR) is 112 cm³/mol. The summed E-state index contributed by atoms with van der Waals surface area (Å²) in [5.74, 6) is 1.11. The standard InChI is InChI=1S/C21H28N6O2S/c1-4-17-9-18-19(30-17)5-8-28-21(18)6-7-26(14(2)10-21)11-16-12-27(25-23-16)13-20-24-22-15(3)29-20/h9,12,14H,4-8,10-11,13H2,1-3H3/t14-,21+/m0/s1. The third kappa shape index (κ3) is 3.70. The number of rotatable bonds is 5. The Morgan fingerprint density at radius 1 is 1.27 bits per heavy atom. The van der Waals surface area contributed by atoms with E-state index in [1.165, 1.54) is 15.3 Å². The molecule has 1 spiro atoms. The molecule has 1 saturated heterocycles. The first-order valence-corrected chi connectivity index (χ1v) is 11.5. The van der Waals surface area contributed by atoms with Crippen LogP contribution >= 0.6 is 11.3 Å². The molecule has 0 amide bonds. The summed E-state index contributed by atoms with van der Waals surface area (Å²) in [6.07, 6.45) is 6.18. The second-order valence-corrected chi connectivity index (χ2v) is 9.61. The number of aryl methyl sites for hydroxylation is 2. The second-order valence-electron chi connectivity index (χ2n) is 8.39. The molecule has 2 atom stereocenters. The van der Waals surface area contributed by atoms with Crippen molar-refractivity contribution in [3.05, 3.63) is 45.1 Å². The van der Waals surface area contributed by atoms with Gasteiger partial charge in [-0.1, -0.05) is 12.1 Å². The van der Waals surface area contributed by atoms with Crippen molar-refractivity contribution in [3.63, 3.8) is 0 Å². The summed E-state index contributed by atoms with van der Waals surface area (Å²) in [4.78, 5) is 5.51. The molecule has 0 radical (unpaired) electrons. The molecule has 0 N–H and O–H groups in total. The van der Waals surface area contributed by atoms with Crippen LogP contribution in [0, 0.1) is 6.92 Å². The van der Waals surface area contributed by atoms with E-state index in [1.54, 1.807) is 11.6 Å². The summed E-state index contributed by atoms with van der Waals surface area (Å²) in [5, 5.41) is 16.5. The molecule has 9 heteroatoms. The van der Waals surface area contributed by atoms with Crippen LogP contribution < -0.4 is 0 Å². The van der Waals surface area contributed by atoms with Crippen LogP contribution in [-0.4, -0.2) is 49.3 Å². The summed E-state index contributed by atoms with van der Waals surface area (Å²) < 4.78 is 13.6. The molecule has 1 fully saturated rings. The number of nitrogens with zero attached hydrogens (tertiary/aromatic N) is 6. The highest BCUT2D eigenvalue weighted by Crippen LogP contribution is 2.46. The van der Waals surface area contributed by atoms with Gasteiger partial charge in [-0.3, -0.25) is 4.90 Å². The predicted octanol–water partition coefficient (Wildman–Crippen LogP) is 3.09. The van der Waals surface area contributed by atoms with Crippen molar-refractivity contribution in [2.45, 2.75) is 71.2 Å². The first-order chi connectivity index (χ1) is 14.5. The van der Waals surface area contributed by atoms with Crippen LogP contribution in [0.15, 0.2) is 16.7 Å². The van der Waals surface area contributed by atoms with E-state index >= 15 is 0 Å². The summed E-state index contributed by atoms with van der Waals surface area (Å²) in [6.45, 7) is 9.39. The van der Waals surface area contributed by atoms with Crippen LogP contribution in [0.5, 0.6) is 0 Å². The van der Waals surface area contributed by atoms with E-state index in [0.717, 1.165) is 51.1 Å². The quantitative estimate of drug-likeness (QED) is 0.617. The summed E-state index contributed by atoms with van der Waals surface area (Å²) in [6, 6.07) is 2.82. The van der Waals surface area contributed by atoms with E-state index in [9.17, 15) is 0 Å². The number of ether oxygens (including phenoxy) is 1. The fourth-order valence-corrected chi connectivity index (χ4v) is 5.92. The fourth-order valence-electron chi connectivity index (χ4n) is 4.75. The normalized spacial score (nSPS) is 24.4. The zero-order valence-electron chi connectivity index (χ0n) is 17.8. The number of hydrogen-bond donors (Lipinski definition) is 0. The lowest BCUT2D eigenvalue weighted by Gasteiger charge is -2.47. The highest BCUT2D eigenvalue weighted by Gasteiger charge is 2.44. The average molecular weight is 429 g/mol. The minimum atomic E-state index is -0.110. The highest BCUT2D eigenvalue weighted by atomic mass is 32.1. The Balaban J connectivity index is 1.26. The Labute approximate surface area is 180 Å². The van der Waals surface area contributed by atoms with Crippen LogP contribution in [-0.2, 0) is 36.3 Å². The minimum absolute atomic E-state index is 0.110. The Bertz CT molecular complexity index is 1030. The van der Waals surface area contributed by atoms with Crippen molar-refractivity contribution in [1.82, 2.24) is 30.1 Å². The molecule has 8 nitrogen and oxygen atoms in total. The van der Waals surface area contributed by atoms with Crippen molar-refractivity contribution in [1.29, 1.82) is 0 Å². The zero-order valence-corrected chi connectivity index (χ0v) is 18.6. The van der Waals surface area contributed by atoms with Crippen molar-refractivity contribution >= 4 is 11.3 Å². The van der Waals surface area contributed by atoms with E-state index in [4.69, 9.17) is 9.15 Å². The largest absolute Gasteiger partial charge is 0.424 e. The molecule has 0 bridgehead atoms. The topological polar surface area (TPSA) is 82.1 Å². The van der Waals surface area contributed by atoms with E-state index in [1.807, 2.05) is 17.5 Å². The molecule has 30 heavy (non-hydrogen) atoms. The van der Waals surface area contributed by atoms with Gasteiger partial charge in [0.25, 0.3) is 0 Å². The average Bonchev–Trinajstić information content (AvgIpc) is 3.45. The van der Waals surface area contributed by atoms with E-state index < -0.39 is 0 Å². The maximum Gasteiger partial charge on any atom is 0.237 e. The van der Waals surface area contributed by atoms with Gasteiger partial charge in [0, 0.05) is 42.2 Å². The molecule has 0 unspecified atom stereocenters. The van der Waals surface area contributed by atoms with Gasteiger partial charge in [-0.15, -0.1) is 26.6 Å². The first kappa shape index (κ1) is 19.8. The van der Waals surface area contributed by atoms with Crippen LogP contribution in [0.25, 0.3) is 0 Å². The molecule has 0 aliphatic carbocycles. The second kappa shape index (κ2) is 7.86. The summed E-state index contributed by atoms with van der Waals surface area (Å²) in [7, 11) is 0. The number of hydrogen-bond acceptors (Lipinski definition) is 8. The zero-order chi connectivity index (χ0) is 20.7. The van der Waals surface area contributed by atoms with Crippen molar-refractivity contribution in [3.8, 4) is 0 Å². The molecule has 5 rings (SSSR count). The number of likely N-dealkylation sites (tertiary alicyclic amines) is 1. The van der Waals surface area contributed by atoms with Gasteiger partial charge in [0.05, 0.1) is 24.1 Å². The number of aromatic nitrogens is 5. The molecule has 5 heterocycles. The van der Waals surface area contributed by atoms with Crippen molar-refractivity contribution < 1.29 is 9.15 Å². The SMILES string of the molecule is CCc1cc2c(s1)CCO[C@@]21CCN(Cc2cn(Cc3nnc(C)o3)nn2)[C@@H](C)C1. The van der Waals surface area contributed by atoms with Crippen molar-refractivity contribution in [2.24, 2.45) is 0 Å². The van der Waals surface area contributed by atoms with Gasteiger partial charge in [0.1, 0.15) is 6.54 Å². The Morgan fingerprint density at radius 2 is 2.17 bits per heavy atom.